The number of likely N-dealkylation sites (tertiary alicyclic amines) is 1. The highest BCUT2D eigenvalue weighted by Crippen LogP contribution is 2.20. The molecule has 2 fully saturated rings. The van der Waals surface area contributed by atoms with Crippen LogP contribution in [-0.2, 0) is 4.74 Å². The summed E-state index contributed by atoms with van der Waals surface area (Å²) < 4.78 is 5.35. The van der Waals surface area contributed by atoms with Crippen LogP contribution in [0.2, 0.25) is 0 Å². The number of carbonyl (C=O) groups excluding carboxylic acids is 1. The minimum Gasteiger partial charge on any atom is -0.379 e. The normalized spacial score (nSPS) is 24.8. The van der Waals surface area contributed by atoms with Gasteiger partial charge in [-0.3, -0.25) is 9.69 Å². The molecule has 7 nitrogen and oxygen atoms in total. The summed E-state index contributed by atoms with van der Waals surface area (Å²) >= 11 is 1.15. The summed E-state index contributed by atoms with van der Waals surface area (Å²) in [7, 11) is 0. The number of nitrogens with zero attached hydrogens (tertiary/aromatic N) is 4. The summed E-state index contributed by atoms with van der Waals surface area (Å²) in [6.07, 6.45) is 1.01. The monoisotopic (exact) mass is 283 g/mol. The van der Waals surface area contributed by atoms with Gasteiger partial charge in [0, 0.05) is 32.2 Å². The quantitative estimate of drug-likeness (QED) is 0.800. The average Bonchev–Trinajstić information content (AvgIpc) is 3.08. The number of hydrogen-bond donors (Lipinski definition) is 1. The molecule has 0 saturated carbocycles. The van der Waals surface area contributed by atoms with Crippen LogP contribution in [0, 0.1) is 0 Å². The third-order valence-electron chi connectivity index (χ3n) is 3.64. The highest BCUT2D eigenvalue weighted by molar-refractivity contribution is 7.16. The van der Waals surface area contributed by atoms with Gasteiger partial charge < -0.3 is 15.4 Å². The molecule has 0 aliphatic carbocycles. The van der Waals surface area contributed by atoms with Gasteiger partial charge in [-0.25, -0.2) is 0 Å². The molecule has 1 aromatic heterocycles. The second-order valence-corrected chi connectivity index (χ2v) is 5.80. The Labute approximate surface area is 115 Å². The molecule has 0 radical (unpaired) electrons. The van der Waals surface area contributed by atoms with E-state index in [0.29, 0.717) is 16.2 Å². The van der Waals surface area contributed by atoms with Gasteiger partial charge in [0.2, 0.25) is 10.1 Å². The molecule has 19 heavy (non-hydrogen) atoms. The van der Waals surface area contributed by atoms with Crippen LogP contribution in [0.3, 0.4) is 0 Å². The lowest BCUT2D eigenvalue weighted by Crippen LogP contribution is -2.45. The summed E-state index contributed by atoms with van der Waals surface area (Å²) in [6.45, 7) is 5.03. The Morgan fingerprint density at radius 1 is 1.32 bits per heavy atom. The van der Waals surface area contributed by atoms with Crippen molar-refractivity contribution < 1.29 is 9.53 Å². The largest absolute Gasteiger partial charge is 0.379 e. The number of morpholine rings is 1. The molecule has 0 spiro atoms. The van der Waals surface area contributed by atoms with Gasteiger partial charge in [0.25, 0.3) is 5.91 Å². The first-order valence-electron chi connectivity index (χ1n) is 6.44. The predicted molar refractivity (Wildman–Crippen MR) is 71.0 cm³/mol. The van der Waals surface area contributed by atoms with Crippen molar-refractivity contribution in [1.82, 2.24) is 20.0 Å². The molecule has 0 aromatic carbocycles. The SMILES string of the molecule is Nc1nnc(C(=O)N2CCC(N3CCOCC3)C2)s1. The standard InChI is InChI=1S/C11H17N5O2S/c12-11-14-13-9(19-11)10(17)16-2-1-8(7-16)15-3-5-18-6-4-15/h8H,1-7H2,(H2,12,14). The van der Waals surface area contributed by atoms with Gasteiger partial charge in [-0.2, -0.15) is 0 Å². The lowest BCUT2D eigenvalue weighted by atomic mass is 10.2. The lowest BCUT2D eigenvalue weighted by molar-refractivity contribution is 0.0185. The molecule has 1 aromatic rings. The zero-order valence-electron chi connectivity index (χ0n) is 10.6. The smallest absolute Gasteiger partial charge is 0.284 e. The number of aromatic nitrogens is 2. The van der Waals surface area contributed by atoms with Crippen LogP contribution in [0.25, 0.3) is 0 Å². The first kappa shape index (κ1) is 12.8. The van der Waals surface area contributed by atoms with Crippen LogP contribution in [0.1, 0.15) is 16.2 Å². The van der Waals surface area contributed by atoms with E-state index in [9.17, 15) is 4.79 Å². The molecule has 1 atom stereocenters. The Hall–Kier alpha value is -1.25. The van der Waals surface area contributed by atoms with E-state index >= 15 is 0 Å². The zero-order chi connectivity index (χ0) is 13.2. The Kier molecular flexibility index (Phi) is 3.63. The minimum atomic E-state index is -0.0510. The highest BCUT2D eigenvalue weighted by atomic mass is 32.1. The van der Waals surface area contributed by atoms with Crippen LogP contribution in [0.4, 0.5) is 5.13 Å². The average molecular weight is 283 g/mol. The van der Waals surface area contributed by atoms with Crippen molar-refractivity contribution in [2.75, 3.05) is 45.1 Å². The molecule has 104 valence electrons. The van der Waals surface area contributed by atoms with Gasteiger partial charge in [-0.05, 0) is 6.42 Å². The van der Waals surface area contributed by atoms with Gasteiger partial charge in [0.15, 0.2) is 0 Å². The maximum absolute atomic E-state index is 12.2. The maximum Gasteiger partial charge on any atom is 0.284 e. The fourth-order valence-corrected chi connectivity index (χ4v) is 3.20. The van der Waals surface area contributed by atoms with E-state index in [4.69, 9.17) is 10.5 Å². The van der Waals surface area contributed by atoms with Crippen molar-refractivity contribution in [3.8, 4) is 0 Å². The van der Waals surface area contributed by atoms with E-state index in [-0.39, 0.29) is 5.91 Å². The molecule has 3 rings (SSSR count). The summed E-state index contributed by atoms with van der Waals surface area (Å²) in [5, 5.41) is 8.24. The van der Waals surface area contributed by atoms with Crippen molar-refractivity contribution in [2.24, 2.45) is 0 Å². The Bertz CT molecular complexity index is 460. The van der Waals surface area contributed by atoms with E-state index in [0.717, 1.165) is 57.2 Å². The zero-order valence-corrected chi connectivity index (χ0v) is 11.4. The van der Waals surface area contributed by atoms with Crippen LogP contribution < -0.4 is 5.73 Å². The summed E-state index contributed by atoms with van der Waals surface area (Å²) in [6, 6.07) is 0.443. The summed E-state index contributed by atoms with van der Waals surface area (Å²) in [5.41, 5.74) is 5.51. The minimum absolute atomic E-state index is 0.0510. The molecular weight excluding hydrogens is 266 g/mol. The molecule has 2 aliphatic heterocycles. The van der Waals surface area contributed by atoms with Gasteiger partial charge >= 0.3 is 0 Å². The topological polar surface area (TPSA) is 84.6 Å². The Morgan fingerprint density at radius 2 is 2.11 bits per heavy atom. The third kappa shape index (κ3) is 2.70. The number of hydrogen-bond acceptors (Lipinski definition) is 7. The van der Waals surface area contributed by atoms with E-state index in [1.807, 2.05) is 4.90 Å². The molecule has 1 amide bonds. The third-order valence-corrected chi connectivity index (χ3v) is 4.38. The van der Waals surface area contributed by atoms with Crippen molar-refractivity contribution in [3.63, 3.8) is 0 Å². The van der Waals surface area contributed by atoms with Crippen molar-refractivity contribution in [3.05, 3.63) is 5.01 Å². The first-order chi connectivity index (χ1) is 9.24. The number of rotatable bonds is 2. The van der Waals surface area contributed by atoms with E-state index in [1.54, 1.807) is 0 Å². The Morgan fingerprint density at radius 3 is 2.79 bits per heavy atom. The molecular formula is C11H17N5O2S. The predicted octanol–water partition coefficient (Wildman–Crippen LogP) is -0.333. The second kappa shape index (κ2) is 5.40. The maximum atomic E-state index is 12.2. The molecule has 3 heterocycles. The van der Waals surface area contributed by atoms with Gasteiger partial charge in [-0.1, -0.05) is 11.3 Å². The molecule has 2 N–H and O–H groups in total. The fraction of sp³-hybridized carbons (Fsp3) is 0.727. The van der Waals surface area contributed by atoms with Crippen molar-refractivity contribution >= 4 is 22.4 Å². The molecule has 2 aliphatic rings. The molecule has 8 heteroatoms. The first-order valence-corrected chi connectivity index (χ1v) is 7.26. The second-order valence-electron chi connectivity index (χ2n) is 4.79. The van der Waals surface area contributed by atoms with Crippen LogP contribution in [-0.4, -0.2) is 71.3 Å². The molecule has 1 unspecified atom stereocenters. The van der Waals surface area contributed by atoms with E-state index < -0.39 is 0 Å². The highest BCUT2D eigenvalue weighted by Gasteiger charge is 2.32. The van der Waals surface area contributed by atoms with Gasteiger partial charge in [0.05, 0.1) is 13.2 Å². The number of nitrogen functional groups attached to an aromatic ring is 1. The van der Waals surface area contributed by atoms with Crippen LogP contribution in [0.5, 0.6) is 0 Å². The van der Waals surface area contributed by atoms with Crippen molar-refractivity contribution in [1.29, 1.82) is 0 Å². The summed E-state index contributed by atoms with van der Waals surface area (Å²) in [4.78, 5) is 16.5. The van der Waals surface area contributed by atoms with Gasteiger partial charge in [0.1, 0.15) is 0 Å². The van der Waals surface area contributed by atoms with Crippen LogP contribution >= 0.6 is 11.3 Å². The number of ether oxygens (including phenoxy) is 1. The fourth-order valence-electron chi connectivity index (χ4n) is 2.62. The van der Waals surface area contributed by atoms with Crippen LogP contribution in [0.15, 0.2) is 0 Å². The van der Waals surface area contributed by atoms with E-state index in [2.05, 4.69) is 15.1 Å². The number of anilines is 1. The molecule has 0 bridgehead atoms. The molecule has 2 saturated heterocycles. The Balaban J connectivity index is 1.60. The van der Waals surface area contributed by atoms with E-state index in [1.165, 1.54) is 0 Å². The van der Waals surface area contributed by atoms with Gasteiger partial charge in [-0.15, -0.1) is 10.2 Å². The van der Waals surface area contributed by atoms with Crippen molar-refractivity contribution in [2.45, 2.75) is 12.5 Å². The number of carbonyl (C=O) groups is 1. The lowest BCUT2D eigenvalue weighted by Gasteiger charge is -2.31. The summed E-state index contributed by atoms with van der Waals surface area (Å²) in [5.74, 6) is -0.0510. The number of amides is 1. The number of nitrogens with two attached hydrogens (primary N) is 1.